The molecule has 0 fully saturated rings. The Morgan fingerprint density at radius 2 is 1.74 bits per heavy atom. The summed E-state index contributed by atoms with van der Waals surface area (Å²) < 4.78 is 17.1. The Kier molecular flexibility index (Phi) is 8.75. The molecule has 0 radical (unpaired) electrons. The maximum Gasteiger partial charge on any atom is 0.268 e. The van der Waals surface area contributed by atoms with Gasteiger partial charge in [0.05, 0.1) is 12.8 Å². The number of aromatic nitrogens is 1. The number of amides is 1. The Hall–Kier alpha value is -4.61. The number of thiazole rings is 1. The van der Waals surface area contributed by atoms with Crippen molar-refractivity contribution in [1.82, 2.24) is 4.98 Å². The number of hydrogen-bond donors (Lipinski definition) is 1. The molecule has 1 heterocycles. The van der Waals surface area contributed by atoms with Crippen molar-refractivity contribution in [1.29, 1.82) is 5.26 Å². The van der Waals surface area contributed by atoms with Crippen molar-refractivity contribution in [3.63, 3.8) is 0 Å². The van der Waals surface area contributed by atoms with E-state index >= 15 is 0 Å². The highest BCUT2D eigenvalue weighted by Gasteiger charge is 2.14. The first-order chi connectivity index (χ1) is 18.5. The Bertz CT molecular complexity index is 1490. The normalized spacial score (nSPS) is 10.9. The van der Waals surface area contributed by atoms with Gasteiger partial charge in [-0.15, -0.1) is 11.3 Å². The van der Waals surface area contributed by atoms with Gasteiger partial charge < -0.3 is 14.2 Å². The number of carbonyl (C=O) groups excluding carboxylic acids is 1. The maximum absolute atomic E-state index is 12.7. The summed E-state index contributed by atoms with van der Waals surface area (Å²) in [5.74, 6) is 1.30. The van der Waals surface area contributed by atoms with E-state index in [1.165, 1.54) is 30.1 Å². The van der Waals surface area contributed by atoms with Crippen molar-refractivity contribution in [2.24, 2.45) is 0 Å². The molecule has 38 heavy (non-hydrogen) atoms. The summed E-state index contributed by atoms with van der Waals surface area (Å²) >= 11 is 1.30. The van der Waals surface area contributed by atoms with Gasteiger partial charge in [-0.05, 0) is 49.2 Å². The van der Waals surface area contributed by atoms with E-state index in [-0.39, 0.29) is 5.57 Å². The van der Waals surface area contributed by atoms with Crippen LogP contribution in [-0.4, -0.2) is 31.2 Å². The number of anilines is 1. The summed E-state index contributed by atoms with van der Waals surface area (Å²) in [6.07, 6.45) is 1.50. The molecule has 0 saturated carbocycles. The Morgan fingerprint density at radius 1 is 1.00 bits per heavy atom. The lowest BCUT2D eigenvalue weighted by Crippen LogP contribution is -2.13. The van der Waals surface area contributed by atoms with Crippen LogP contribution in [0.5, 0.6) is 17.2 Å². The number of aryl methyl sites for hydroxylation is 2. The third-order valence-electron chi connectivity index (χ3n) is 5.59. The van der Waals surface area contributed by atoms with Crippen LogP contribution in [0.4, 0.5) is 5.13 Å². The lowest BCUT2D eigenvalue weighted by Gasteiger charge is -2.13. The molecule has 7 nitrogen and oxygen atoms in total. The van der Waals surface area contributed by atoms with E-state index in [0.717, 1.165) is 22.6 Å². The molecule has 3 aromatic carbocycles. The zero-order valence-corrected chi connectivity index (χ0v) is 22.2. The fourth-order valence-corrected chi connectivity index (χ4v) is 4.42. The summed E-state index contributed by atoms with van der Waals surface area (Å²) in [7, 11) is 1.53. The molecule has 1 N–H and O–H groups in total. The highest BCUT2D eigenvalue weighted by Crippen LogP contribution is 2.30. The second-order valence-electron chi connectivity index (χ2n) is 8.40. The zero-order valence-electron chi connectivity index (χ0n) is 21.4. The number of hydrogen-bond acceptors (Lipinski definition) is 7. The van der Waals surface area contributed by atoms with Crippen LogP contribution in [0.2, 0.25) is 0 Å². The number of carbonyl (C=O) groups is 1. The van der Waals surface area contributed by atoms with Gasteiger partial charge in [-0.1, -0.05) is 54.1 Å². The largest absolute Gasteiger partial charge is 0.493 e. The van der Waals surface area contributed by atoms with E-state index in [4.69, 9.17) is 14.2 Å². The molecule has 0 unspecified atom stereocenters. The third kappa shape index (κ3) is 6.78. The van der Waals surface area contributed by atoms with Gasteiger partial charge in [-0.25, -0.2) is 4.98 Å². The molecular formula is C30H27N3O4S. The number of ether oxygens (including phenoxy) is 3. The van der Waals surface area contributed by atoms with Gasteiger partial charge in [0.2, 0.25) is 0 Å². The number of methoxy groups -OCH3 is 1. The lowest BCUT2D eigenvalue weighted by molar-refractivity contribution is -0.112. The zero-order chi connectivity index (χ0) is 26.9. The van der Waals surface area contributed by atoms with Crippen LogP contribution in [0, 0.1) is 25.2 Å². The molecule has 0 aliphatic carbocycles. The number of nitrogens with zero attached hydrogens (tertiary/aromatic N) is 2. The first-order valence-electron chi connectivity index (χ1n) is 11.9. The van der Waals surface area contributed by atoms with Gasteiger partial charge in [-0.2, -0.15) is 5.26 Å². The van der Waals surface area contributed by atoms with E-state index in [2.05, 4.69) is 16.4 Å². The highest BCUT2D eigenvalue weighted by atomic mass is 32.1. The molecule has 0 atom stereocenters. The van der Waals surface area contributed by atoms with Crippen LogP contribution < -0.4 is 19.5 Å². The summed E-state index contributed by atoms with van der Waals surface area (Å²) in [5.41, 5.74) is 4.53. The molecule has 1 aromatic heterocycles. The first kappa shape index (κ1) is 26.5. The number of benzene rings is 3. The first-order valence-corrected chi connectivity index (χ1v) is 12.8. The number of rotatable bonds is 10. The second kappa shape index (κ2) is 12.6. The summed E-state index contributed by atoms with van der Waals surface area (Å²) in [4.78, 5) is 17.2. The van der Waals surface area contributed by atoms with Gasteiger partial charge in [0.25, 0.3) is 5.91 Å². The van der Waals surface area contributed by atoms with Crippen molar-refractivity contribution in [3.05, 3.63) is 94.4 Å². The predicted molar refractivity (Wildman–Crippen MR) is 150 cm³/mol. The molecule has 4 rings (SSSR count). The minimum Gasteiger partial charge on any atom is -0.493 e. The highest BCUT2D eigenvalue weighted by molar-refractivity contribution is 7.14. The predicted octanol–water partition coefficient (Wildman–Crippen LogP) is 6.44. The molecular weight excluding hydrogens is 498 g/mol. The molecule has 0 bridgehead atoms. The minimum atomic E-state index is -0.538. The summed E-state index contributed by atoms with van der Waals surface area (Å²) in [6.45, 7) is 4.74. The van der Waals surface area contributed by atoms with Crippen LogP contribution in [0.15, 0.2) is 77.7 Å². The van der Waals surface area contributed by atoms with Crippen molar-refractivity contribution < 1.29 is 19.0 Å². The van der Waals surface area contributed by atoms with Gasteiger partial charge in [0, 0.05) is 10.9 Å². The summed E-state index contributed by atoms with van der Waals surface area (Å²) in [5, 5.41) is 14.6. The van der Waals surface area contributed by atoms with Gasteiger partial charge in [0.15, 0.2) is 16.6 Å². The summed E-state index contributed by atoms with van der Waals surface area (Å²) in [6, 6.07) is 22.9. The van der Waals surface area contributed by atoms with Crippen molar-refractivity contribution in [2.75, 3.05) is 25.6 Å². The Morgan fingerprint density at radius 3 is 2.45 bits per heavy atom. The number of nitrogens with one attached hydrogen (secondary N) is 1. The molecule has 0 spiro atoms. The van der Waals surface area contributed by atoms with Crippen LogP contribution in [0.1, 0.15) is 16.7 Å². The van der Waals surface area contributed by atoms with Crippen LogP contribution in [0.25, 0.3) is 17.3 Å². The average molecular weight is 526 g/mol. The van der Waals surface area contributed by atoms with E-state index in [1.54, 1.807) is 18.2 Å². The molecule has 4 aromatic rings. The van der Waals surface area contributed by atoms with Crippen LogP contribution in [-0.2, 0) is 4.79 Å². The quantitative estimate of drug-likeness (QED) is 0.146. The van der Waals surface area contributed by atoms with Gasteiger partial charge in [-0.3, -0.25) is 10.1 Å². The fourth-order valence-electron chi connectivity index (χ4n) is 3.71. The average Bonchev–Trinajstić information content (AvgIpc) is 3.40. The maximum atomic E-state index is 12.7. The minimum absolute atomic E-state index is 0.0564. The van der Waals surface area contributed by atoms with Gasteiger partial charge >= 0.3 is 0 Å². The van der Waals surface area contributed by atoms with E-state index in [9.17, 15) is 10.1 Å². The van der Waals surface area contributed by atoms with Crippen molar-refractivity contribution >= 4 is 28.5 Å². The standard InChI is InChI=1S/C30H27N3O4S/c1-20-9-11-26(21(2)15-20)36-13-14-37-27-12-10-22(17-28(27)35-3)16-24(18-31)29(34)33-30-32-25(19-38-30)23-7-5-4-6-8-23/h4-12,15-17,19H,13-14H2,1-3H3,(H,32,33,34)/b24-16-. The van der Waals surface area contributed by atoms with Crippen LogP contribution in [0.3, 0.4) is 0 Å². The lowest BCUT2D eigenvalue weighted by atomic mass is 10.1. The van der Waals surface area contributed by atoms with Gasteiger partial charge in [0.1, 0.15) is 30.6 Å². The molecule has 192 valence electrons. The number of nitriles is 1. The molecule has 0 aliphatic heterocycles. The van der Waals surface area contributed by atoms with E-state index < -0.39 is 5.91 Å². The second-order valence-corrected chi connectivity index (χ2v) is 9.26. The monoisotopic (exact) mass is 525 g/mol. The van der Waals surface area contributed by atoms with E-state index in [1.807, 2.05) is 67.8 Å². The van der Waals surface area contributed by atoms with E-state index in [0.29, 0.717) is 35.4 Å². The molecule has 8 heteroatoms. The Balaban J connectivity index is 1.38. The van der Waals surface area contributed by atoms with Crippen molar-refractivity contribution in [2.45, 2.75) is 13.8 Å². The van der Waals surface area contributed by atoms with Crippen LogP contribution >= 0.6 is 11.3 Å². The Labute approximate surface area is 226 Å². The molecule has 1 amide bonds. The topological polar surface area (TPSA) is 93.5 Å². The molecule has 0 aliphatic rings. The fraction of sp³-hybridized carbons (Fsp3) is 0.167. The van der Waals surface area contributed by atoms with Crippen molar-refractivity contribution in [3.8, 4) is 34.6 Å². The smallest absolute Gasteiger partial charge is 0.268 e. The molecule has 0 saturated heterocycles. The third-order valence-corrected chi connectivity index (χ3v) is 6.34. The SMILES string of the molecule is COc1cc(/C=C(/C#N)C(=O)Nc2nc(-c3ccccc3)cs2)ccc1OCCOc1ccc(C)cc1C.